The van der Waals surface area contributed by atoms with E-state index in [1.165, 1.54) is 45.2 Å². The topological polar surface area (TPSA) is 50.2 Å². The van der Waals surface area contributed by atoms with Crippen molar-refractivity contribution < 1.29 is 4.79 Å². The van der Waals surface area contributed by atoms with Crippen LogP contribution in [0.25, 0.3) is 5.13 Å². The van der Waals surface area contributed by atoms with Crippen molar-refractivity contribution in [3.05, 3.63) is 35.6 Å². The SMILES string of the molecule is O=C(Cc1csc(-n2cccc2)n1)NC[C@@H]1CCCN2CCCC[C@H]12. The molecule has 0 saturated carbocycles. The zero-order chi connectivity index (χ0) is 17.1. The fourth-order valence-corrected chi connectivity index (χ4v) is 5.04. The highest BCUT2D eigenvalue weighted by Gasteiger charge is 2.32. The fourth-order valence-electron chi connectivity index (χ4n) is 4.25. The van der Waals surface area contributed by atoms with E-state index in [0.29, 0.717) is 18.4 Å². The summed E-state index contributed by atoms with van der Waals surface area (Å²) in [5, 5.41) is 6.07. The van der Waals surface area contributed by atoms with E-state index in [0.717, 1.165) is 17.4 Å². The Labute approximate surface area is 153 Å². The van der Waals surface area contributed by atoms with Crippen molar-refractivity contribution in [1.82, 2.24) is 19.8 Å². The predicted octanol–water partition coefficient (Wildman–Crippen LogP) is 2.86. The van der Waals surface area contributed by atoms with Crippen LogP contribution in [0.2, 0.25) is 0 Å². The van der Waals surface area contributed by atoms with Crippen LogP contribution in [0.15, 0.2) is 29.9 Å². The lowest BCUT2D eigenvalue weighted by Gasteiger charge is -2.44. The van der Waals surface area contributed by atoms with Crippen molar-refractivity contribution >= 4 is 17.2 Å². The van der Waals surface area contributed by atoms with Crippen molar-refractivity contribution in [3.63, 3.8) is 0 Å². The number of carbonyl (C=O) groups excluding carboxylic acids is 1. The van der Waals surface area contributed by atoms with Crippen LogP contribution in [0.4, 0.5) is 0 Å². The smallest absolute Gasteiger partial charge is 0.226 e. The largest absolute Gasteiger partial charge is 0.355 e. The average Bonchev–Trinajstić information content (AvgIpc) is 3.31. The molecule has 2 aromatic rings. The first kappa shape index (κ1) is 16.8. The first-order chi connectivity index (χ1) is 12.3. The van der Waals surface area contributed by atoms with E-state index < -0.39 is 0 Å². The molecule has 2 aromatic heterocycles. The van der Waals surface area contributed by atoms with Crippen LogP contribution in [0, 0.1) is 5.92 Å². The van der Waals surface area contributed by atoms with Gasteiger partial charge in [0.2, 0.25) is 5.91 Å². The number of aromatic nitrogens is 2. The summed E-state index contributed by atoms with van der Waals surface area (Å²) >= 11 is 1.58. The monoisotopic (exact) mass is 358 g/mol. The van der Waals surface area contributed by atoms with Crippen LogP contribution < -0.4 is 5.32 Å². The second-order valence-electron chi connectivity index (χ2n) is 7.19. The number of hydrogen-bond donors (Lipinski definition) is 1. The van der Waals surface area contributed by atoms with Gasteiger partial charge in [-0.1, -0.05) is 6.42 Å². The van der Waals surface area contributed by atoms with Gasteiger partial charge < -0.3 is 14.8 Å². The third-order valence-electron chi connectivity index (χ3n) is 5.50. The number of nitrogens with zero attached hydrogens (tertiary/aromatic N) is 3. The Morgan fingerprint density at radius 1 is 1.20 bits per heavy atom. The molecule has 2 atom stereocenters. The molecule has 0 unspecified atom stereocenters. The molecule has 2 saturated heterocycles. The number of carbonyl (C=O) groups is 1. The maximum absolute atomic E-state index is 12.3. The summed E-state index contributed by atoms with van der Waals surface area (Å²) in [4.78, 5) is 19.6. The van der Waals surface area contributed by atoms with Crippen molar-refractivity contribution in [3.8, 4) is 5.13 Å². The van der Waals surface area contributed by atoms with Gasteiger partial charge in [0.05, 0.1) is 12.1 Å². The van der Waals surface area contributed by atoms with Crippen LogP contribution in [-0.2, 0) is 11.2 Å². The van der Waals surface area contributed by atoms with Gasteiger partial charge in [-0.2, -0.15) is 0 Å². The first-order valence-corrected chi connectivity index (χ1v) is 10.3. The van der Waals surface area contributed by atoms with E-state index in [-0.39, 0.29) is 5.91 Å². The Bertz CT molecular complexity index is 694. The standard InChI is InChI=1S/C19H26N4OS/c24-18(12-16-14-25-19(21-16)23-9-3-4-10-23)20-13-15-6-5-11-22-8-2-1-7-17(15)22/h3-4,9-10,14-15,17H,1-2,5-8,11-13H2,(H,20,24)/t15-,17+/m0/s1. The minimum Gasteiger partial charge on any atom is -0.355 e. The Morgan fingerprint density at radius 2 is 2.04 bits per heavy atom. The number of piperidine rings is 2. The Kier molecular flexibility index (Phi) is 5.17. The van der Waals surface area contributed by atoms with Crippen LogP contribution in [-0.4, -0.2) is 46.0 Å². The summed E-state index contributed by atoms with van der Waals surface area (Å²) in [5.74, 6) is 0.709. The molecular weight excluding hydrogens is 332 g/mol. The molecule has 0 spiro atoms. The van der Waals surface area contributed by atoms with E-state index in [4.69, 9.17) is 0 Å². The molecule has 0 aromatic carbocycles. The molecule has 4 heterocycles. The molecule has 25 heavy (non-hydrogen) atoms. The summed E-state index contributed by atoms with van der Waals surface area (Å²) in [5.41, 5.74) is 0.856. The second-order valence-corrected chi connectivity index (χ2v) is 8.03. The molecular formula is C19H26N4OS. The van der Waals surface area contributed by atoms with E-state index in [9.17, 15) is 4.79 Å². The van der Waals surface area contributed by atoms with Crippen molar-refractivity contribution in [1.29, 1.82) is 0 Å². The zero-order valence-corrected chi connectivity index (χ0v) is 15.4. The summed E-state index contributed by atoms with van der Waals surface area (Å²) in [7, 11) is 0. The Morgan fingerprint density at radius 3 is 2.92 bits per heavy atom. The van der Waals surface area contributed by atoms with Gasteiger partial charge in [0.15, 0.2) is 5.13 Å². The summed E-state index contributed by atoms with van der Waals surface area (Å²) < 4.78 is 1.98. The predicted molar refractivity (Wildman–Crippen MR) is 100 cm³/mol. The molecule has 2 fully saturated rings. The van der Waals surface area contributed by atoms with Gasteiger partial charge in [-0.05, 0) is 56.8 Å². The van der Waals surface area contributed by atoms with Crippen molar-refractivity contribution in [2.45, 2.75) is 44.6 Å². The number of fused-ring (bicyclic) bond motifs is 1. The third-order valence-corrected chi connectivity index (χ3v) is 6.40. The van der Waals surface area contributed by atoms with Crippen LogP contribution in [0.3, 0.4) is 0 Å². The molecule has 4 rings (SSSR count). The summed E-state index contributed by atoms with van der Waals surface area (Å²) in [6.45, 7) is 3.31. The lowest BCUT2D eigenvalue weighted by molar-refractivity contribution is -0.120. The lowest BCUT2D eigenvalue weighted by Crippen LogP contribution is -2.51. The number of nitrogens with one attached hydrogen (secondary N) is 1. The molecule has 0 bridgehead atoms. The normalized spacial score (nSPS) is 24.0. The van der Waals surface area contributed by atoms with Crippen molar-refractivity contribution in [2.24, 2.45) is 5.92 Å². The second kappa shape index (κ2) is 7.70. The van der Waals surface area contributed by atoms with Crippen LogP contribution in [0.1, 0.15) is 37.8 Å². The molecule has 134 valence electrons. The third kappa shape index (κ3) is 3.96. The highest BCUT2D eigenvalue weighted by atomic mass is 32.1. The van der Waals surface area contributed by atoms with E-state index in [1.54, 1.807) is 11.3 Å². The Hall–Kier alpha value is -1.66. The molecule has 0 aliphatic carbocycles. The molecule has 6 heteroatoms. The van der Waals surface area contributed by atoms with E-state index in [1.807, 2.05) is 34.5 Å². The Balaban J connectivity index is 1.29. The number of thiazole rings is 1. The molecule has 2 aliphatic rings. The minimum atomic E-state index is 0.0947. The van der Waals surface area contributed by atoms with Gasteiger partial charge in [-0.25, -0.2) is 4.98 Å². The first-order valence-electron chi connectivity index (χ1n) is 9.38. The van der Waals surface area contributed by atoms with Gasteiger partial charge in [0.1, 0.15) is 0 Å². The molecule has 5 nitrogen and oxygen atoms in total. The zero-order valence-electron chi connectivity index (χ0n) is 14.6. The van der Waals surface area contributed by atoms with E-state index in [2.05, 4.69) is 15.2 Å². The number of rotatable bonds is 5. The van der Waals surface area contributed by atoms with Crippen LogP contribution in [0.5, 0.6) is 0 Å². The molecule has 2 aliphatic heterocycles. The summed E-state index contributed by atoms with van der Waals surface area (Å²) in [6, 6.07) is 4.64. The molecule has 0 radical (unpaired) electrons. The highest BCUT2D eigenvalue weighted by molar-refractivity contribution is 7.12. The number of amides is 1. The quantitative estimate of drug-likeness (QED) is 0.894. The van der Waals surface area contributed by atoms with Gasteiger partial charge >= 0.3 is 0 Å². The fraction of sp³-hybridized carbons (Fsp3) is 0.579. The average molecular weight is 359 g/mol. The highest BCUT2D eigenvalue weighted by Crippen LogP contribution is 2.30. The van der Waals surface area contributed by atoms with Gasteiger partial charge in [0, 0.05) is 30.4 Å². The maximum Gasteiger partial charge on any atom is 0.226 e. The van der Waals surface area contributed by atoms with Crippen LogP contribution >= 0.6 is 11.3 Å². The number of hydrogen-bond acceptors (Lipinski definition) is 4. The van der Waals surface area contributed by atoms with Gasteiger partial charge in [-0.15, -0.1) is 11.3 Å². The summed E-state index contributed by atoms with van der Waals surface area (Å²) in [6.07, 6.45) is 10.8. The van der Waals surface area contributed by atoms with Gasteiger partial charge in [0.25, 0.3) is 0 Å². The molecule has 1 amide bonds. The molecule has 1 N–H and O–H groups in total. The van der Waals surface area contributed by atoms with Gasteiger partial charge in [-0.3, -0.25) is 4.79 Å². The van der Waals surface area contributed by atoms with E-state index >= 15 is 0 Å². The lowest BCUT2D eigenvalue weighted by atomic mass is 9.83. The maximum atomic E-state index is 12.3. The van der Waals surface area contributed by atoms with Crippen molar-refractivity contribution in [2.75, 3.05) is 19.6 Å². The minimum absolute atomic E-state index is 0.0947.